The predicted molar refractivity (Wildman–Crippen MR) is 98.9 cm³/mol. The predicted octanol–water partition coefficient (Wildman–Crippen LogP) is 0.775. The normalized spacial score (nSPS) is 15.9. The Kier molecular flexibility index (Phi) is 4.01. The van der Waals surface area contributed by atoms with E-state index in [9.17, 15) is 9.59 Å². The zero-order valence-corrected chi connectivity index (χ0v) is 15.0. The van der Waals surface area contributed by atoms with Gasteiger partial charge in [0.25, 0.3) is 0 Å². The SMILES string of the molecule is O=C(Cn1c(=O)n(-c2ccc3c(c2)OCO3)c2ncccc21)N1CCOCC1. The first-order chi connectivity index (χ1) is 13.7. The van der Waals surface area contributed by atoms with Crippen molar-refractivity contribution in [2.75, 3.05) is 33.1 Å². The summed E-state index contributed by atoms with van der Waals surface area (Å²) in [6, 6.07) is 8.82. The Labute approximate surface area is 159 Å². The molecular weight excluding hydrogens is 364 g/mol. The van der Waals surface area contributed by atoms with Crippen molar-refractivity contribution in [1.82, 2.24) is 19.0 Å². The van der Waals surface area contributed by atoms with Crippen LogP contribution in [-0.4, -0.2) is 58.0 Å². The van der Waals surface area contributed by atoms with Gasteiger partial charge in [0.05, 0.1) is 24.4 Å². The van der Waals surface area contributed by atoms with E-state index in [-0.39, 0.29) is 24.9 Å². The van der Waals surface area contributed by atoms with E-state index in [4.69, 9.17) is 14.2 Å². The van der Waals surface area contributed by atoms with Crippen LogP contribution in [0.5, 0.6) is 11.5 Å². The second-order valence-electron chi connectivity index (χ2n) is 6.58. The number of benzene rings is 1. The molecule has 2 aromatic heterocycles. The molecule has 1 saturated heterocycles. The monoisotopic (exact) mass is 382 g/mol. The number of morpholine rings is 1. The smallest absolute Gasteiger partial charge is 0.335 e. The third-order valence-corrected chi connectivity index (χ3v) is 4.96. The molecule has 1 fully saturated rings. The van der Waals surface area contributed by atoms with E-state index < -0.39 is 0 Å². The Morgan fingerprint density at radius 3 is 2.79 bits per heavy atom. The van der Waals surface area contributed by atoms with Gasteiger partial charge in [0.15, 0.2) is 17.1 Å². The number of carbonyl (C=O) groups excluding carboxylic acids is 1. The van der Waals surface area contributed by atoms with E-state index in [1.165, 1.54) is 9.13 Å². The number of ether oxygens (including phenoxy) is 3. The number of imidazole rings is 1. The van der Waals surface area contributed by atoms with Crippen LogP contribution in [-0.2, 0) is 16.1 Å². The lowest BCUT2D eigenvalue weighted by molar-refractivity contribution is -0.135. The quantitative estimate of drug-likeness (QED) is 0.665. The zero-order chi connectivity index (χ0) is 19.1. The molecule has 1 amide bonds. The number of pyridine rings is 1. The van der Waals surface area contributed by atoms with Gasteiger partial charge in [-0.05, 0) is 24.3 Å². The van der Waals surface area contributed by atoms with Gasteiger partial charge >= 0.3 is 5.69 Å². The summed E-state index contributed by atoms with van der Waals surface area (Å²) in [6.07, 6.45) is 1.62. The van der Waals surface area contributed by atoms with Gasteiger partial charge < -0.3 is 19.1 Å². The first-order valence-electron chi connectivity index (χ1n) is 9.04. The Bertz CT molecular complexity index is 1110. The number of nitrogens with zero attached hydrogens (tertiary/aromatic N) is 4. The second-order valence-corrected chi connectivity index (χ2v) is 6.58. The van der Waals surface area contributed by atoms with Crippen LogP contribution in [0.15, 0.2) is 41.3 Å². The third-order valence-electron chi connectivity index (χ3n) is 4.96. The van der Waals surface area contributed by atoms with Gasteiger partial charge in [0.2, 0.25) is 12.7 Å². The van der Waals surface area contributed by atoms with Crippen LogP contribution in [0.2, 0.25) is 0 Å². The fourth-order valence-electron chi connectivity index (χ4n) is 3.54. The summed E-state index contributed by atoms with van der Waals surface area (Å²) < 4.78 is 19.0. The fourth-order valence-corrected chi connectivity index (χ4v) is 3.54. The van der Waals surface area contributed by atoms with Crippen LogP contribution in [0.25, 0.3) is 16.9 Å². The molecule has 0 bridgehead atoms. The molecular formula is C19H18N4O5. The molecule has 0 spiro atoms. The van der Waals surface area contributed by atoms with Crippen LogP contribution in [0, 0.1) is 0 Å². The molecule has 9 heteroatoms. The van der Waals surface area contributed by atoms with Crippen molar-refractivity contribution in [1.29, 1.82) is 0 Å². The average Bonchev–Trinajstić information content (AvgIpc) is 3.31. The Balaban J connectivity index is 1.58. The molecule has 1 aromatic carbocycles. The third kappa shape index (κ3) is 2.71. The van der Waals surface area contributed by atoms with Crippen molar-refractivity contribution >= 4 is 17.1 Å². The minimum Gasteiger partial charge on any atom is -0.454 e. The van der Waals surface area contributed by atoms with E-state index in [2.05, 4.69) is 4.98 Å². The maximum absolute atomic E-state index is 13.2. The molecule has 0 unspecified atom stereocenters. The van der Waals surface area contributed by atoms with Crippen molar-refractivity contribution in [3.8, 4) is 17.2 Å². The first kappa shape index (κ1) is 16.8. The minimum atomic E-state index is -0.325. The number of rotatable bonds is 3. The second kappa shape index (κ2) is 6.68. The van der Waals surface area contributed by atoms with E-state index in [1.807, 2.05) is 0 Å². The van der Waals surface area contributed by atoms with Crippen molar-refractivity contribution < 1.29 is 19.0 Å². The standard InChI is InChI=1S/C19H18N4O5/c24-17(21-6-8-26-9-7-21)11-22-14-2-1-5-20-18(14)23(19(22)25)13-3-4-15-16(10-13)28-12-27-15/h1-5,10H,6-9,11-12H2. The lowest BCUT2D eigenvalue weighted by Crippen LogP contribution is -2.43. The maximum atomic E-state index is 13.2. The van der Waals surface area contributed by atoms with Gasteiger partial charge in [-0.3, -0.25) is 9.36 Å². The molecule has 2 aliphatic rings. The summed E-state index contributed by atoms with van der Waals surface area (Å²) in [4.78, 5) is 32.0. The first-order valence-corrected chi connectivity index (χ1v) is 9.04. The fraction of sp³-hybridized carbons (Fsp3) is 0.316. The van der Waals surface area contributed by atoms with Gasteiger partial charge in [0.1, 0.15) is 6.54 Å². The van der Waals surface area contributed by atoms with E-state index in [0.29, 0.717) is 54.7 Å². The molecule has 28 heavy (non-hydrogen) atoms. The zero-order valence-electron chi connectivity index (χ0n) is 15.0. The number of carbonyl (C=O) groups is 1. The lowest BCUT2D eigenvalue weighted by Gasteiger charge is -2.26. The van der Waals surface area contributed by atoms with Crippen molar-refractivity contribution in [2.45, 2.75) is 6.54 Å². The Hall–Kier alpha value is -3.33. The topological polar surface area (TPSA) is 87.8 Å². The van der Waals surface area contributed by atoms with Gasteiger partial charge in [-0.15, -0.1) is 0 Å². The van der Waals surface area contributed by atoms with Crippen molar-refractivity contribution in [3.05, 3.63) is 47.0 Å². The number of hydrogen-bond acceptors (Lipinski definition) is 6. The lowest BCUT2D eigenvalue weighted by atomic mass is 10.2. The number of fused-ring (bicyclic) bond motifs is 2. The minimum absolute atomic E-state index is 0.0431. The maximum Gasteiger partial charge on any atom is 0.335 e. The summed E-state index contributed by atoms with van der Waals surface area (Å²) >= 11 is 0. The highest BCUT2D eigenvalue weighted by atomic mass is 16.7. The number of aromatic nitrogens is 3. The highest BCUT2D eigenvalue weighted by Crippen LogP contribution is 2.33. The van der Waals surface area contributed by atoms with Gasteiger partial charge in [-0.2, -0.15) is 0 Å². The average molecular weight is 382 g/mol. The Morgan fingerprint density at radius 1 is 1.11 bits per heavy atom. The van der Waals surface area contributed by atoms with Crippen LogP contribution >= 0.6 is 0 Å². The molecule has 0 saturated carbocycles. The van der Waals surface area contributed by atoms with Gasteiger partial charge in [-0.1, -0.05) is 0 Å². The molecule has 2 aliphatic heterocycles. The molecule has 3 aromatic rings. The molecule has 0 atom stereocenters. The van der Waals surface area contributed by atoms with Crippen molar-refractivity contribution in [3.63, 3.8) is 0 Å². The number of amides is 1. The molecule has 144 valence electrons. The summed E-state index contributed by atoms with van der Waals surface area (Å²) in [5, 5.41) is 0. The van der Waals surface area contributed by atoms with Crippen molar-refractivity contribution in [2.24, 2.45) is 0 Å². The van der Waals surface area contributed by atoms with Gasteiger partial charge in [0, 0.05) is 25.4 Å². The highest BCUT2D eigenvalue weighted by molar-refractivity contribution is 5.80. The van der Waals surface area contributed by atoms with E-state index >= 15 is 0 Å². The van der Waals surface area contributed by atoms with Crippen LogP contribution in [0.1, 0.15) is 0 Å². The van der Waals surface area contributed by atoms with E-state index in [1.54, 1.807) is 41.4 Å². The molecule has 0 N–H and O–H groups in total. The van der Waals surface area contributed by atoms with Crippen LogP contribution < -0.4 is 15.2 Å². The number of hydrogen-bond donors (Lipinski definition) is 0. The summed E-state index contributed by atoms with van der Waals surface area (Å²) in [5.74, 6) is 1.10. The molecule has 0 radical (unpaired) electrons. The molecule has 0 aliphatic carbocycles. The van der Waals surface area contributed by atoms with Gasteiger partial charge in [-0.25, -0.2) is 14.3 Å². The van der Waals surface area contributed by atoms with Crippen LogP contribution in [0.4, 0.5) is 0 Å². The van der Waals surface area contributed by atoms with Crippen LogP contribution in [0.3, 0.4) is 0 Å². The summed E-state index contributed by atoms with van der Waals surface area (Å²) in [6.45, 7) is 2.21. The molecule has 4 heterocycles. The molecule has 5 rings (SSSR count). The Morgan fingerprint density at radius 2 is 1.93 bits per heavy atom. The summed E-state index contributed by atoms with van der Waals surface area (Å²) in [5.41, 5.74) is 1.37. The summed E-state index contributed by atoms with van der Waals surface area (Å²) in [7, 11) is 0. The van der Waals surface area contributed by atoms with E-state index in [0.717, 1.165) is 0 Å². The highest BCUT2D eigenvalue weighted by Gasteiger charge is 2.23. The molecule has 9 nitrogen and oxygen atoms in total. The largest absolute Gasteiger partial charge is 0.454 e.